The van der Waals surface area contributed by atoms with Crippen molar-refractivity contribution in [2.45, 2.75) is 57.9 Å². The lowest BCUT2D eigenvalue weighted by molar-refractivity contribution is -0.125. The number of sulfone groups is 1. The van der Waals surface area contributed by atoms with Crippen LogP contribution in [0.5, 0.6) is 0 Å². The van der Waals surface area contributed by atoms with Crippen molar-refractivity contribution < 1.29 is 13.2 Å². The van der Waals surface area contributed by atoms with Gasteiger partial charge >= 0.3 is 0 Å². The molecule has 0 spiro atoms. The zero-order valence-corrected chi connectivity index (χ0v) is 12.3. The van der Waals surface area contributed by atoms with Crippen LogP contribution in [0.2, 0.25) is 0 Å². The van der Waals surface area contributed by atoms with E-state index in [4.69, 9.17) is 5.73 Å². The summed E-state index contributed by atoms with van der Waals surface area (Å²) < 4.78 is 22.7. The molecule has 5 heteroatoms. The molecule has 2 unspecified atom stereocenters. The van der Waals surface area contributed by atoms with Crippen LogP contribution in [0.1, 0.15) is 52.4 Å². The SMILES string of the molecule is CCS(=O)(=O)CCCC(=O)C1(N)CCCC(C)C1. The van der Waals surface area contributed by atoms with Crippen LogP contribution >= 0.6 is 0 Å². The van der Waals surface area contributed by atoms with E-state index in [1.54, 1.807) is 6.92 Å². The fourth-order valence-electron chi connectivity index (χ4n) is 2.69. The summed E-state index contributed by atoms with van der Waals surface area (Å²) in [5.74, 6) is 0.778. The second-order valence-electron chi connectivity index (χ2n) is 5.62. The van der Waals surface area contributed by atoms with E-state index < -0.39 is 15.4 Å². The summed E-state index contributed by atoms with van der Waals surface area (Å²) in [4.78, 5) is 12.1. The van der Waals surface area contributed by atoms with E-state index >= 15 is 0 Å². The molecule has 0 aromatic carbocycles. The molecular formula is C13H25NO3S. The zero-order valence-electron chi connectivity index (χ0n) is 11.4. The predicted molar refractivity (Wildman–Crippen MR) is 73.1 cm³/mol. The fourth-order valence-corrected chi connectivity index (χ4v) is 3.56. The van der Waals surface area contributed by atoms with E-state index in [0.717, 1.165) is 25.7 Å². The maximum absolute atomic E-state index is 12.1. The Hall–Kier alpha value is -0.420. The van der Waals surface area contributed by atoms with Crippen molar-refractivity contribution in [2.75, 3.05) is 11.5 Å². The van der Waals surface area contributed by atoms with Crippen LogP contribution in [-0.2, 0) is 14.6 Å². The van der Waals surface area contributed by atoms with Crippen LogP contribution in [0.3, 0.4) is 0 Å². The molecule has 0 saturated heterocycles. The van der Waals surface area contributed by atoms with Crippen molar-refractivity contribution in [3.63, 3.8) is 0 Å². The molecule has 1 aliphatic carbocycles. The van der Waals surface area contributed by atoms with Gasteiger partial charge in [0.1, 0.15) is 9.84 Å². The molecule has 1 aliphatic rings. The van der Waals surface area contributed by atoms with Gasteiger partial charge in [-0.15, -0.1) is 0 Å². The van der Waals surface area contributed by atoms with Crippen LogP contribution < -0.4 is 5.73 Å². The molecule has 0 heterocycles. The molecule has 106 valence electrons. The molecule has 1 saturated carbocycles. The Morgan fingerprint density at radius 1 is 1.44 bits per heavy atom. The highest BCUT2D eigenvalue weighted by atomic mass is 32.2. The van der Waals surface area contributed by atoms with Crippen molar-refractivity contribution in [1.29, 1.82) is 0 Å². The quantitative estimate of drug-likeness (QED) is 0.800. The van der Waals surface area contributed by atoms with Crippen molar-refractivity contribution in [3.05, 3.63) is 0 Å². The summed E-state index contributed by atoms with van der Waals surface area (Å²) in [7, 11) is -2.97. The normalized spacial score (nSPS) is 29.2. The van der Waals surface area contributed by atoms with Crippen molar-refractivity contribution >= 4 is 15.6 Å². The second-order valence-corrected chi connectivity index (χ2v) is 8.09. The molecule has 1 fully saturated rings. The molecule has 2 N–H and O–H groups in total. The molecule has 0 amide bonds. The first-order valence-electron chi connectivity index (χ1n) is 6.82. The molecule has 0 bridgehead atoms. The highest BCUT2D eigenvalue weighted by Gasteiger charge is 2.37. The lowest BCUT2D eigenvalue weighted by atomic mass is 9.74. The number of Topliss-reactive ketones (excluding diaryl/α,β-unsaturated/α-hetero) is 1. The van der Waals surface area contributed by atoms with Gasteiger partial charge in [0.25, 0.3) is 0 Å². The Balaban J connectivity index is 2.45. The Labute approximate surface area is 110 Å². The summed E-state index contributed by atoms with van der Waals surface area (Å²) >= 11 is 0. The fraction of sp³-hybridized carbons (Fsp3) is 0.923. The summed E-state index contributed by atoms with van der Waals surface area (Å²) in [5, 5.41) is 0. The van der Waals surface area contributed by atoms with Crippen LogP contribution in [0.4, 0.5) is 0 Å². The molecule has 1 rings (SSSR count). The Morgan fingerprint density at radius 2 is 2.11 bits per heavy atom. The van der Waals surface area contributed by atoms with Crippen LogP contribution in [0.25, 0.3) is 0 Å². The maximum atomic E-state index is 12.1. The Kier molecular flexibility index (Phi) is 5.34. The minimum absolute atomic E-state index is 0.0420. The van der Waals surface area contributed by atoms with Crippen LogP contribution in [0, 0.1) is 5.92 Å². The van der Waals surface area contributed by atoms with Gasteiger partial charge in [-0.3, -0.25) is 4.79 Å². The number of nitrogens with two attached hydrogens (primary N) is 1. The third-order valence-corrected chi connectivity index (χ3v) is 5.68. The van der Waals surface area contributed by atoms with Gasteiger partial charge in [0.05, 0.1) is 11.3 Å². The van der Waals surface area contributed by atoms with E-state index in [1.807, 2.05) is 0 Å². The summed E-state index contributed by atoms with van der Waals surface area (Å²) in [5.41, 5.74) is 5.48. The average Bonchev–Trinajstić information content (AvgIpc) is 2.28. The Bertz CT molecular complexity index is 391. The third-order valence-electron chi connectivity index (χ3n) is 3.89. The van der Waals surface area contributed by atoms with Gasteiger partial charge in [-0.2, -0.15) is 0 Å². The van der Waals surface area contributed by atoms with E-state index in [-0.39, 0.29) is 17.3 Å². The smallest absolute Gasteiger partial charge is 0.152 e. The van der Waals surface area contributed by atoms with E-state index in [9.17, 15) is 13.2 Å². The summed E-state index contributed by atoms with van der Waals surface area (Å²) in [6, 6.07) is 0. The van der Waals surface area contributed by atoms with Gasteiger partial charge in [0.2, 0.25) is 0 Å². The first-order chi connectivity index (χ1) is 8.29. The molecule has 0 radical (unpaired) electrons. The van der Waals surface area contributed by atoms with E-state index in [0.29, 0.717) is 18.8 Å². The lowest BCUT2D eigenvalue weighted by Crippen LogP contribution is -2.51. The minimum atomic E-state index is -2.97. The number of hydrogen-bond acceptors (Lipinski definition) is 4. The molecule has 0 aromatic heterocycles. The number of hydrogen-bond donors (Lipinski definition) is 1. The second kappa shape index (κ2) is 6.15. The summed E-state index contributed by atoms with van der Waals surface area (Å²) in [6.07, 6.45) is 4.32. The zero-order chi connectivity index (χ0) is 13.8. The molecule has 4 nitrogen and oxygen atoms in total. The van der Waals surface area contributed by atoms with Gasteiger partial charge in [-0.05, 0) is 25.2 Å². The standard InChI is InChI=1S/C13H25NO3S/c1-3-18(16,17)9-5-7-12(15)13(14)8-4-6-11(2)10-13/h11H,3-10,14H2,1-2H3. The van der Waals surface area contributed by atoms with Gasteiger partial charge in [0, 0.05) is 12.2 Å². The predicted octanol–water partition coefficient (Wildman–Crippen LogP) is 1.68. The number of carbonyl (C=O) groups excluding carboxylic acids is 1. The molecule has 2 atom stereocenters. The first-order valence-corrected chi connectivity index (χ1v) is 8.64. The van der Waals surface area contributed by atoms with E-state index in [1.165, 1.54) is 0 Å². The number of carbonyl (C=O) groups is 1. The monoisotopic (exact) mass is 275 g/mol. The number of rotatable bonds is 6. The molecular weight excluding hydrogens is 250 g/mol. The van der Waals surface area contributed by atoms with Crippen molar-refractivity contribution in [1.82, 2.24) is 0 Å². The third kappa shape index (κ3) is 4.35. The van der Waals surface area contributed by atoms with Gasteiger partial charge in [-0.1, -0.05) is 26.7 Å². The minimum Gasteiger partial charge on any atom is -0.319 e. The Morgan fingerprint density at radius 3 is 2.67 bits per heavy atom. The maximum Gasteiger partial charge on any atom is 0.152 e. The topological polar surface area (TPSA) is 77.2 Å². The molecule has 0 aliphatic heterocycles. The largest absolute Gasteiger partial charge is 0.319 e. The molecule has 0 aromatic rings. The van der Waals surface area contributed by atoms with Crippen LogP contribution in [0.15, 0.2) is 0 Å². The highest BCUT2D eigenvalue weighted by molar-refractivity contribution is 7.91. The van der Waals surface area contributed by atoms with Gasteiger partial charge in [0.15, 0.2) is 5.78 Å². The summed E-state index contributed by atoms with van der Waals surface area (Å²) in [6.45, 7) is 3.75. The van der Waals surface area contributed by atoms with Gasteiger partial charge in [-0.25, -0.2) is 8.42 Å². The van der Waals surface area contributed by atoms with E-state index in [2.05, 4.69) is 6.92 Å². The highest BCUT2D eigenvalue weighted by Crippen LogP contribution is 2.32. The molecule has 18 heavy (non-hydrogen) atoms. The van der Waals surface area contributed by atoms with Crippen LogP contribution in [-0.4, -0.2) is 31.2 Å². The van der Waals surface area contributed by atoms with Crippen molar-refractivity contribution in [2.24, 2.45) is 11.7 Å². The average molecular weight is 275 g/mol. The number of ketones is 1. The lowest BCUT2D eigenvalue weighted by Gasteiger charge is -2.35. The van der Waals surface area contributed by atoms with Gasteiger partial charge < -0.3 is 5.73 Å². The van der Waals surface area contributed by atoms with Crippen molar-refractivity contribution in [3.8, 4) is 0 Å². The first kappa shape index (κ1) is 15.6.